The lowest BCUT2D eigenvalue weighted by Gasteiger charge is -2.24. The fourth-order valence-electron chi connectivity index (χ4n) is 2.97. The van der Waals surface area contributed by atoms with Crippen LogP contribution in [0.4, 0.5) is 0 Å². The molecule has 0 radical (unpaired) electrons. The Balaban J connectivity index is 2.22. The van der Waals surface area contributed by atoms with Crippen molar-refractivity contribution in [3.63, 3.8) is 0 Å². The van der Waals surface area contributed by atoms with Crippen molar-refractivity contribution >= 4 is 10.9 Å². The average molecular weight is 320 g/mol. The monoisotopic (exact) mass is 320 g/mol. The molecule has 23 heavy (non-hydrogen) atoms. The van der Waals surface area contributed by atoms with Crippen molar-refractivity contribution < 1.29 is 18.9 Å². The van der Waals surface area contributed by atoms with Gasteiger partial charge in [0.15, 0.2) is 11.5 Å². The van der Waals surface area contributed by atoms with E-state index < -0.39 is 0 Å². The molecule has 0 unspecified atom stereocenters. The summed E-state index contributed by atoms with van der Waals surface area (Å²) in [6, 6.07) is 1.76. The van der Waals surface area contributed by atoms with E-state index in [-0.39, 0.29) is 11.6 Å². The lowest BCUT2D eigenvalue weighted by Crippen LogP contribution is -2.29. The number of nitrogens with zero attached hydrogens (tertiary/aromatic N) is 2. The second-order valence-corrected chi connectivity index (χ2v) is 5.34. The number of aromatic nitrogens is 2. The van der Waals surface area contributed by atoms with E-state index >= 15 is 0 Å². The minimum atomic E-state index is -0.110. The van der Waals surface area contributed by atoms with Gasteiger partial charge in [-0.3, -0.25) is 9.36 Å². The Morgan fingerprint density at radius 1 is 1.13 bits per heavy atom. The maximum atomic E-state index is 12.9. The van der Waals surface area contributed by atoms with Crippen molar-refractivity contribution in [2.45, 2.75) is 18.9 Å². The van der Waals surface area contributed by atoms with Crippen LogP contribution < -0.4 is 19.8 Å². The van der Waals surface area contributed by atoms with E-state index in [4.69, 9.17) is 18.9 Å². The third-order valence-electron chi connectivity index (χ3n) is 4.16. The van der Waals surface area contributed by atoms with Crippen molar-refractivity contribution in [2.24, 2.45) is 0 Å². The van der Waals surface area contributed by atoms with E-state index in [0.717, 1.165) is 12.8 Å². The number of ether oxygens (including phenoxy) is 4. The quantitative estimate of drug-likeness (QED) is 0.855. The van der Waals surface area contributed by atoms with E-state index in [1.807, 2.05) is 0 Å². The van der Waals surface area contributed by atoms with E-state index in [0.29, 0.717) is 41.4 Å². The van der Waals surface area contributed by atoms with Crippen LogP contribution in [0, 0.1) is 0 Å². The maximum Gasteiger partial charge on any atom is 0.261 e. The minimum Gasteiger partial charge on any atom is -0.493 e. The first-order valence-electron chi connectivity index (χ1n) is 7.48. The summed E-state index contributed by atoms with van der Waals surface area (Å²) in [4.78, 5) is 17.3. The fraction of sp³-hybridized carbons (Fsp3) is 0.500. The molecular weight excluding hydrogens is 300 g/mol. The third-order valence-corrected chi connectivity index (χ3v) is 4.16. The van der Waals surface area contributed by atoms with Gasteiger partial charge >= 0.3 is 0 Å². The number of methoxy groups -OCH3 is 3. The number of benzene rings is 1. The van der Waals surface area contributed by atoms with Gasteiger partial charge in [-0.25, -0.2) is 4.98 Å². The lowest BCUT2D eigenvalue weighted by atomic mass is 10.1. The van der Waals surface area contributed by atoms with Gasteiger partial charge in [0.1, 0.15) is 5.52 Å². The zero-order valence-electron chi connectivity index (χ0n) is 13.5. The predicted molar refractivity (Wildman–Crippen MR) is 84.7 cm³/mol. The first kappa shape index (κ1) is 15.6. The standard InChI is InChI=1S/C16H20N2O5/c1-20-12-8-11-13(15(22-3)14(12)21-2)17-9-18(16(11)19)10-4-6-23-7-5-10/h8-10H,4-7H2,1-3H3. The summed E-state index contributed by atoms with van der Waals surface area (Å²) in [5, 5.41) is 0.452. The minimum absolute atomic E-state index is 0.104. The molecule has 0 bridgehead atoms. The van der Waals surface area contributed by atoms with Crippen LogP contribution in [0.1, 0.15) is 18.9 Å². The largest absolute Gasteiger partial charge is 0.493 e. The van der Waals surface area contributed by atoms with E-state index in [9.17, 15) is 4.79 Å². The van der Waals surface area contributed by atoms with Crippen LogP contribution in [-0.2, 0) is 4.74 Å². The molecule has 1 aliphatic rings. The summed E-state index contributed by atoms with van der Waals surface area (Å²) in [5.41, 5.74) is 0.361. The van der Waals surface area contributed by atoms with Gasteiger partial charge in [0.25, 0.3) is 5.56 Å². The number of hydrogen-bond acceptors (Lipinski definition) is 6. The molecule has 3 rings (SSSR count). The zero-order valence-corrected chi connectivity index (χ0v) is 13.5. The van der Waals surface area contributed by atoms with Crippen LogP contribution in [-0.4, -0.2) is 44.1 Å². The van der Waals surface area contributed by atoms with Gasteiger partial charge in [0.2, 0.25) is 5.75 Å². The van der Waals surface area contributed by atoms with Gasteiger partial charge in [-0.05, 0) is 18.9 Å². The molecule has 1 aliphatic heterocycles. The number of hydrogen-bond donors (Lipinski definition) is 0. The van der Waals surface area contributed by atoms with E-state index in [2.05, 4.69) is 4.98 Å². The van der Waals surface area contributed by atoms with Crippen molar-refractivity contribution in [3.8, 4) is 17.2 Å². The average Bonchev–Trinajstić information content (AvgIpc) is 2.61. The highest BCUT2D eigenvalue weighted by atomic mass is 16.5. The van der Waals surface area contributed by atoms with E-state index in [1.165, 1.54) is 21.3 Å². The Morgan fingerprint density at radius 3 is 2.43 bits per heavy atom. The molecule has 124 valence electrons. The van der Waals surface area contributed by atoms with Crippen molar-refractivity contribution in [1.29, 1.82) is 0 Å². The van der Waals surface area contributed by atoms with Crippen LogP contribution in [0.2, 0.25) is 0 Å². The molecular formula is C16H20N2O5. The molecule has 0 N–H and O–H groups in total. The maximum absolute atomic E-state index is 12.9. The molecule has 1 fully saturated rings. The highest BCUT2D eigenvalue weighted by Crippen LogP contribution is 2.41. The molecule has 0 spiro atoms. The van der Waals surface area contributed by atoms with Gasteiger partial charge in [0.05, 0.1) is 33.0 Å². The molecule has 2 aromatic rings. The number of rotatable bonds is 4. The van der Waals surface area contributed by atoms with Crippen LogP contribution in [0.25, 0.3) is 10.9 Å². The molecule has 0 atom stereocenters. The third kappa shape index (κ3) is 2.61. The first-order chi connectivity index (χ1) is 11.2. The SMILES string of the molecule is COc1cc2c(=O)n(C3CCOCC3)cnc2c(OC)c1OC. The summed E-state index contributed by atoms with van der Waals surface area (Å²) < 4.78 is 23.1. The molecule has 1 aromatic carbocycles. The Bertz CT molecular complexity index is 765. The van der Waals surface area contributed by atoms with Crippen LogP contribution in [0.3, 0.4) is 0 Å². The first-order valence-corrected chi connectivity index (χ1v) is 7.48. The van der Waals surface area contributed by atoms with Gasteiger partial charge in [-0.2, -0.15) is 0 Å². The topological polar surface area (TPSA) is 71.8 Å². The Labute approximate surface area is 133 Å². The Kier molecular flexibility index (Phi) is 4.38. The van der Waals surface area contributed by atoms with Gasteiger partial charge in [-0.1, -0.05) is 0 Å². The smallest absolute Gasteiger partial charge is 0.261 e. The second kappa shape index (κ2) is 6.45. The normalized spacial score (nSPS) is 15.6. The molecule has 1 aromatic heterocycles. The van der Waals surface area contributed by atoms with Crippen LogP contribution in [0.5, 0.6) is 17.2 Å². The summed E-state index contributed by atoms with van der Waals surface area (Å²) in [7, 11) is 4.56. The highest BCUT2D eigenvalue weighted by Gasteiger charge is 2.22. The Hall–Kier alpha value is -2.28. The molecule has 0 saturated carbocycles. The van der Waals surface area contributed by atoms with Gasteiger partial charge in [0, 0.05) is 19.3 Å². The predicted octanol–water partition coefficient (Wildman–Crippen LogP) is 1.77. The molecule has 2 heterocycles. The second-order valence-electron chi connectivity index (χ2n) is 5.34. The summed E-state index contributed by atoms with van der Waals surface area (Å²) in [5.74, 6) is 1.27. The van der Waals surface area contributed by atoms with Gasteiger partial charge in [-0.15, -0.1) is 0 Å². The van der Waals surface area contributed by atoms with Crippen LogP contribution >= 0.6 is 0 Å². The highest BCUT2D eigenvalue weighted by molar-refractivity contribution is 5.89. The lowest BCUT2D eigenvalue weighted by molar-refractivity contribution is 0.0685. The van der Waals surface area contributed by atoms with Crippen molar-refractivity contribution in [2.75, 3.05) is 34.5 Å². The molecule has 0 amide bonds. The van der Waals surface area contributed by atoms with Crippen molar-refractivity contribution in [3.05, 3.63) is 22.7 Å². The molecule has 7 heteroatoms. The molecule has 0 aliphatic carbocycles. The van der Waals surface area contributed by atoms with E-state index in [1.54, 1.807) is 17.0 Å². The number of fused-ring (bicyclic) bond motifs is 1. The molecule has 7 nitrogen and oxygen atoms in total. The van der Waals surface area contributed by atoms with Crippen LogP contribution in [0.15, 0.2) is 17.2 Å². The summed E-state index contributed by atoms with van der Waals surface area (Å²) >= 11 is 0. The summed E-state index contributed by atoms with van der Waals surface area (Å²) in [6.45, 7) is 1.31. The van der Waals surface area contributed by atoms with Gasteiger partial charge < -0.3 is 18.9 Å². The fourth-order valence-corrected chi connectivity index (χ4v) is 2.97. The Morgan fingerprint density at radius 2 is 1.83 bits per heavy atom. The summed E-state index contributed by atoms with van der Waals surface area (Å²) in [6.07, 6.45) is 3.18. The molecule has 1 saturated heterocycles. The van der Waals surface area contributed by atoms with Crippen molar-refractivity contribution in [1.82, 2.24) is 9.55 Å². The zero-order chi connectivity index (χ0) is 16.4.